The second-order valence-electron chi connectivity index (χ2n) is 4.15. The van der Waals surface area contributed by atoms with Gasteiger partial charge in [-0.15, -0.1) is 0 Å². The highest BCUT2D eigenvalue weighted by Gasteiger charge is 2.18. The van der Waals surface area contributed by atoms with Crippen molar-refractivity contribution in [3.63, 3.8) is 0 Å². The molecule has 2 rings (SSSR count). The second-order valence-corrected chi connectivity index (χ2v) is 4.52. The van der Waals surface area contributed by atoms with Crippen molar-refractivity contribution in [1.29, 1.82) is 0 Å². The quantitative estimate of drug-likeness (QED) is 0.875. The summed E-state index contributed by atoms with van der Waals surface area (Å²) in [6, 6.07) is 8.19. The molecule has 0 aliphatic heterocycles. The predicted octanol–water partition coefficient (Wildman–Crippen LogP) is 3.97. The van der Waals surface area contributed by atoms with E-state index in [0.29, 0.717) is 11.1 Å². The third-order valence-electron chi connectivity index (χ3n) is 2.80. The minimum Gasteiger partial charge on any atom is -0.320 e. The Balaban J connectivity index is 2.51. The maximum absolute atomic E-state index is 13.7. The highest BCUT2D eigenvalue weighted by Crippen LogP contribution is 2.30. The van der Waals surface area contributed by atoms with Gasteiger partial charge < -0.3 is 5.73 Å². The molecule has 1 atom stereocenters. The molecule has 0 saturated heterocycles. The number of aryl methyl sites for hydroxylation is 1. The van der Waals surface area contributed by atoms with Gasteiger partial charge in [0.1, 0.15) is 11.6 Å². The van der Waals surface area contributed by atoms with Crippen molar-refractivity contribution < 1.29 is 8.78 Å². The van der Waals surface area contributed by atoms with E-state index in [1.165, 1.54) is 18.2 Å². The molecule has 0 radical (unpaired) electrons. The largest absolute Gasteiger partial charge is 0.320 e. The molecule has 0 aromatic heterocycles. The van der Waals surface area contributed by atoms with Crippen molar-refractivity contribution in [3.8, 4) is 0 Å². The average molecular weight is 268 g/mol. The molecule has 94 valence electrons. The first-order valence-electron chi connectivity index (χ1n) is 5.46. The Hall–Kier alpha value is -1.45. The summed E-state index contributed by atoms with van der Waals surface area (Å²) >= 11 is 5.85. The molecule has 2 aromatic rings. The lowest BCUT2D eigenvalue weighted by Gasteiger charge is -2.16. The van der Waals surface area contributed by atoms with Crippen LogP contribution in [0.3, 0.4) is 0 Å². The van der Waals surface area contributed by atoms with E-state index in [1.807, 2.05) is 6.92 Å². The zero-order chi connectivity index (χ0) is 13.3. The third kappa shape index (κ3) is 2.37. The summed E-state index contributed by atoms with van der Waals surface area (Å²) in [5, 5.41) is -0.0640. The highest BCUT2D eigenvalue weighted by molar-refractivity contribution is 6.31. The first kappa shape index (κ1) is 13.0. The topological polar surface area (TPSA) is 26.0 Å². The number of halogens is 3. The van der Waals surface area contributed by atoms with E-state index in [1.54, 1.807) is 18.2 Å². The molecule has 1 nitrogen and oxygen atoms in total. The minimum atomic E-state index is -0.784. The lowest BCUT2D eigenvalue weighted by molar-refractivity contribution is 0.595. The standard InChI is InChI=1S/C14H12ClF2N/c1-8-5-6-11(16)10(7-8)14(18)9-3-2-4-12(17)13(9)15/h2-7,14H,18H2,1H3. The fourth-order valence-corrected chi connectivity index (χ4v) is 2.07. The van der Waals surface area contributed by atoms with Crippen LogP contribution in [0, 0.1) is 18.6 Å². The smallest absolute Gasteiger partial charge is 0.142 e. The Morgan fingerprint density at radius 3 is 2.50 bits per heavy atom. The normalized spacial score (nSPS) is 12.5. The minimum absolute atomic E-state index is 0.0640. The van der Waals surface area contributed by atoms with Gasteiger partial charge in [-0.1, -0.05) is 41.4 Å². The average Bonchev–Trinajstić information content (AvgIpc) is 2.35. The summed E-state index contributed by atoms with van der Waals surface area (Å²) in [6.07, 6.45) is 0. The van der Waals surface area contributed by atoms with Crippen LogP contribution in [0.1, 0.15) is 22.7 Å². The zero-order valence-corrected chi connectivity index (χ0v) is 10.5. The number of rotatable bonds is 2. The van der Waals surface area contributed by atoms with E-state index in [4.69, 9.17) is 17.3 Å². The molecule has 18 heavy (non-hydrogen) atoms. The third-order valence-corrected chi connectivity index (χ3v) is 3.20. The molecule has 0 saturated carbocycles. The van der Waals surface area contributed by atoms with Gasteiger partial charge in [0.05, 0.1) is 11.1 Å². The van der Waals surface area contributed by atoms with Crippen LogP contribution in [0.4, 0.5) is 8.78 Å². The Morgan fingerprint density at radius 2 is 1.78 bits per heavy atom. The van der Waals surface area contributed by atoms with Crippen molar-refractivity contribution in [3.05, 3.63) is 69.7 Å². The maximum atomic E-state index is 13.7. The Labute approximate surface area is 109 Å². The second kappa shape index (κ2) is 5.04. The molecule has 0 amide bonds. The van der Waals surface area contributed by atoms with E-state index < -0.39 is 17.7 Å². The van der Waals surface area contributed by atoms with Crippen molar-refractivity contribution in [1.82, 2.24) is 0 Å². The van der Waals surface area contributed by atoms with Crippen LogP contribution in [0.5, 0.6) is 0 Å². The predicted molar refractivity (Wildman–Crippen MR) is 68.6 cm³/mol. The first-order valence-corrected chi connectivity index (χ1v) is 5.84. The molecule has 0 bridgehead atoms. The van der Waals surface area contributed by atoms with Gasteiger partial charge in [0.15, 0.2) is 0 Å². The lowest BCUT2D eigenvalue weighted by Crippen LogP contribution is -2.14. The van der Waals surface area contributed by atoms with Gasteiger partial charge in [-0.2, -0.15) is 0 Å². The summed E-state index contributed by atoms with van der Waals surface area (Å²) in [7, 11) is 0. The number of nitrogens with two attached hydrogens (primary N) is 1. The van der Waals surface area contributed by atoms with Crippen LogP contribution in [-0.2, 0) is 0 Å². The van der Waals surface area contributed by atoms with Gasteiger partial charge in [0.2, 0.25) is 0 Å². The first-order chi connectivity index (χ1) is 8.50. The van der Waals surface area contributed by atoms with Crippen LogP contribution >= 0.6 is 11.6 Å². The van der Waals surface area contributed by atoms with Gasteiger partial charge in [0.25, 0.3) is 0 Å². The number of hydrogen-bond donors (Lipinski definition) is 1. The van der Waals surface area contributed by atoms with Gasteiger partial charge in [-0.25, -0.2) is 8.78 Å². The summed E-state index contributed by atoms with van der Waals surface area (Å²) in [5.74, 6) is -0.980. The highest BCUT2D eigenvalue weighted by atomic mass is 35.5. The molecule has 2 aromatic carbocycles. The SMILES string of the molecule is Cc1ccc(F)c(C(N)c2cccc(F)c2Cl)c1. The van der Waals surface area contributed by atoms with E-state index in [9.17, 15) is 8.78 Å². The van der Waals surface area contributed by atoms with Crippen LogP contribution in [0.25, 0.3) is 0 Å². The summed E-state index contributed by atoms with van der Waals surface area (Å²) in [4.78, 5) is 0. The molecule has 0 aliphatic carbocycles. The maximum Gasteiger partial charge on any atom is 0.142 e. The molecule has 0 heterocycles. The number of hydrogen-bond acceptors (Lipinski definition) is 1. The fraction of sp³-hybridized carbons (Fsp3) is 0.143. The van der Waals surface area contributed by atoms with Crippen molar-refractivity contribution in [2.45, 2.75) is 13.0 Å². The van der Waals surface area contributed by atoms with Crippen molar-refractivity contribution >= 4 is 11.6 Å². The monoisotopic (exact) mass is 267 g/mol. The summed E-state index contributed by atoms with van der Waals surface area (Å²) in [6.45, 7) is 1.84. The molecule has 0 spiro atoms. The van der Waals surface area contributed by atoms with E-state index >= 15 is 0 Å². The van der Waals surface area contributed by atoms with E-state index in [2.05, 4.69) is 0 Å². The van der Waals surface area contributed by atoms with E-state index in [0.717, 1.165) is 5.56 Å². The van der Waals surface area contributed by atoms with E-state index in [-0.39, 0.29) is 5.02 Å². The molecular weight excluding hydrogens is 256 g/mol. The van der Waals surface area contributed by atoms with Crippen LogP contribution < -0.4 is 5.73 Å². The van der Waals surface area contributed by atoms with Crippen molar-refractivity contribution in [2.75, 3.05) is 0 Å². The van der Waals surface area contributed by atoms with Gasteiger partial charge in [-0.05, 0) is 24.6 Å². The molecular formula is C14H12ClF2N. The Kier molecular flexibility index (Phi) is 3.64. The molecule has 0 aliphatic rings. The van der Waals surface area contributed by atoms with Gasteiger partial charge >= 0.3 is 0 Å². The fourth-order valence-electron chi connectivity index (χ4n) is 1.83. The van der Waals surface area contributed by atoms with Crippen LogP contribution in [-0.4, -0.2) is 0 Å². The molecule has 1 unspecified atom stereocenters. The lowest BCUT2D eigenvalue weighted by atomic mass is 9.97. The van der Waals surface area contributed by atoms with Crippen molar-refractivity contribution in [2.24, 2.45) is 5.73 Å². The summed E-state index contributed by atoms with van der Waals surface area (Å²) < 4.78 is 27.1. The van der Waals surface area contributed by atoms with Crippen LogP contribution in [0.15, 0.2) is 36.4 Å². The van der Waals surface area contributed by atoms with Gasteiger partial charge in [0, 0.05) is 5.56 Å². The Bertz CT molecular complexity index is 582. The molecule has 0 fully saturated rings. The molecule has 2 N–H and O–H groups in total. The van der Waals surface area contributed by atoms with Gasteiger partial charge in [-0.3, -0.25) is 0 Å². The Morgan fingerprint density at radius 1 is 1.06 bits per heavy atom. The van der Waals surface area contributed by atoms with Crippen LogP contribution in [0.2, 0.25) is 5.02 Å². The molecule has 4 heteroatoms. The zero-order valence-electron chi connectivity index (χ0n) is 9.75. The number of benzene rings is 2. The summed E-state index contributed by atoms with van der Waals surface area (Å²) in [5.41, 5.74) is 7.53.